The average molecular weight is 273 g/mol. The van der Waals surface area contributed by atoms with E-state index in [4.69, 9.17) is 0 Å². The molecule has 0 saturated carbocycles. The zero-order valence-corrected chi connectivity index (χ0v) is 11.6. The van der Waals surface area contributed by atoms with Crippen molar-refractivity contribution in [3.05, 3.63) is 66.0 Å². The van der Waals surface area contributed by atoms with Crippen LogP contribution < -0.4 is 5.32 Å². The Bertz CT molecular complexity index is 544. The number of nitrogens with one attached hydrogen (secondary N) is 1. The Balaban J connectivity index is 2.04. The second-order valence-corrected chi connectivity index (χ2v) is 5.31. The van der Waals surface area contributed by atoms with E-state index in [-0.39, 0.29) is 12.4 Å². The molecule has 0 spiro atoms. The summed E-state index contributed by atoms with van der Waals surface area (Å²) < 4.78 is 13.7. The van der Waals surface area contributed by atoms with E-state index in [0.717, 1.165) is 12.8 Å². The lowest BCUT2D eigenvalue weighted by atomic mass is 9.93. The SMILES string of the molecule is CC(CO)(CCc1ccccc1)Nc1ccccc1F. The molecule has 2 nitrogen and oxygen atoms in total. The first-order valence-electron chi connectivity index (χ1n) is 6.80. The first-order valence-corrected chi connectivity index (χ1v) is 6.80. The molecule has 2 rings (SSSR count). The number of aryl methyl sites for hydroxylation is 1. The number of aliphatic hydroxyl groups excluding tert-OH is 1. The van der Waals surface area contributed by atoms with E-state index in [9.17, 15) is 9.50 Å². The van der Waals surface area contributed by atoms with Crippen molar-refractivity contribution in [2.75, 3.05) is 11.9 Å². The Hall–Kier alpha value is -1.87. The standard InChI is InChI=1S/C17H20FNO/c1-17(13-20,12-11-14-7-3-2-4-8-14)19-16-10-6-5-9-15(16)18/h2-10,19-20H,11-13H2,1H3. The summed E-state index contributed by atoms with van der Waals surface area (Å²) in [6.45, 7) is 1.86. The van der Waals surface area contributed by atoms with E-state index in [0.29, 0.717) is 5.69 Å². The predicted octanol–water partition coefficient (Wildman–Crippen LogP) is 3.62. The van der Waals surface area contributed by atoms with E-state index in [1.807, 2.05) is 25.1 Å². The Morgan fingerprint density at radius 1 is 1.05 bits per heavy atom. The minimum absolute atomic E-state index is 0.0475. The van der Waals surface area contributed by atoms with Crippen LogP contribution in [-0.2, 0) is 6.42 Å². The molecule has 0 radical (unpaired) electrons. The lowest BCUT2D eigenvalue weighted by molar-refractivity contribution is 0.214. The van der Waals surface area contributed by atoms with E-state index in [1.54, 1.807) is 18.2 Å². The molecule has 106 valence electrons. The van der Waals surface area contributed by atoms with Crippen LogP contribution in [-0.4, -0.2) is 17.3 Å². The van der Waals surface area contributed by atoms with Gasteiger partial charge < -0.3 is 10.4 Å². The Labute approximate surface area is 119 Å². The van der Waals surface area contributed by atoms with Crippen LogP contribution in [0.25, 0.3) is 0 Å². The van der Waals surface area contributed by atoms with Crippen LogP contribution in [0.4, 0.5) is 10.1 Å². The molecule has 0 bridgehead atoms. The normalized spacial score (nSPS) is 13.8. The number of benzene rings is 2. The third-order valence-corrected chi connectivity index (χ3v) is 3.47. The second-order valence-electron chi connectivity index (χ2n) is 5.31. The molecule has 1 unspecified atom stereocenters. The highest BCUT2D eigenvalue weighted by Gasteiger charge is 2.23. The fourth-order valence-corrected chi connectivity index (χ4v) is 2.13. The summed E-state index contributed by atoms with van der Waals surface area (Å²) in [6.07, 6.45) is 1.56. The van der Waals surface area contributed by atoms with Crippen molar-refractivity contribution in [2.45, 2.75) is 25.3 Å². The van der Waals surface area contributed by atoms with Gasteiger partial charge in [0.15, 0.2) is 0 Å². The first-order chi connectivity index (χ1) is 9.63. The van der Waals surface area contributed by atoms with Gasteiger partial charge in [-0.05, 0) is 37.5 Å². The topological polar surface area (TPSA) is 32.3 Å². The van der Waals surface area contributed by atoms with Gasteiger partial charge in [-0.25, -0.2) is 4.39 Å². The van der Waals surface area contributed by atoms with Gasteiger partial charge in [0, 0.05) is 0 Å². The van der Waals surface area contributed by atoms with Gasteiger partial charge in [0.05, 0.1) is 17.8 Å². The quantitative estimate of drug-likeness (QED) is 0.842. The average Bonchev–Trinajstić information content (AvgIpc) is 2.49. The maximum Gasteiger partial charge on any atom is 0.146 e. The van der Waals surface area contributed by atoms with Gasteiger partial charge in [0.2, 0.25) is 0 Å². The van der Waals surface area contributed by atoms with Gasteiger partial charge in [-0.2, -0.15) is 0 Å². The molecule has 2 aromatic carbocycles. The van der Waals surface area contributed by atoms with Crippen molar-refractivity contribution in [2.24, 2.45) is 0 Å². The molecule has 0 saturated heterocycles. The highest BCUT2D eigenvalue weighted by Crippen LogP contribution is 2.22. The van der Waals surface area contributed by atoms with Gasteiger partial charge in [-0.3, -0.25) is 0 Å². The van der Waals surface area contributed by atoms with Crippen molar-refractivity contribution in [3.63, 3.8) is 0 Å². The van der Waals surface area contributed by atoms with Crippen LogP contribution in [0.2, 0.25) is 0 Å². The van der Waals surface area contributed by atoms with Crippen LogP contribution in [0.3, 0.4) is 0 Å². The maximum atomic E-state index is 13.7. The molecule has 0 aliphatic carbocycles. The molecule has 1 atom stereocenters. The van der Waals surface area contributed by atoms with Crippen molar-refractivity contribution in [3.8, 4) is 0 Å². The Kier molecular flexibility index (Phi) is 4.74. The van der Waals surface area contributed by atoms with Crippen LogP contribution in [0.5, 0.6) is 0 Å². The maximum absolute atomic E-state index is 13.7. The van der Waals surface area contributed by atoms with Crippen molar-refractivity contribution >= 4 is 5.69 Å². The third-order valence-electron chi connectivity index (χ3n) is 3.47. The number of hydrogen-bond acceptors (Lipinski definition) is 2. The van der Waals surface area contributed by atoms with Crippen LogP contribution in [0.15, 0.2) is 54.6 Å². The number of halogens is 1. The molecule has 0 amide bonds. The molecular formula is C17H20FNO. The Morgan fingerprint density at radius 2 is 1.70 bits per heavy atom. The molecule has 0 fully saturated rings. The molecule has 2 aromatic rings. The summed E-state index contributed by atoms with van der Waals surface area (Å²) in [5, 5.41) is 12.7. The van der Waals surface area contributed by atoms with Crippen molar-refractivity contribution in [1.29, 1.82) is 0 Å². The second kappa shape index (κ2) is 6.53. The zero-order chi connectivity index (χ0) is 14.4. The molecule has 0 aromatic heterocycles. The molecule has 20 heavy (non-hydrogen) atoms. The monoisotopic (exact) mass is 273 g/mol. The molecule has 2 N–H and O–H groups in total. The summed E-state index contributed by atoms with van der Waals surface area (Å²) >= 11 is 0. The lowest BCUT2D eigenvalue weighted by Crippen LogP contribution is -2.39. The minimum atomic E-state index is -0.544. The summed E-state index contributed by atoms with van der Waals surface area (Å²) in [4.78, 5) is 0. The van der Waals surface area contributed by atoms with E-state index in [1.165, 1.54) is 11.6 Å². The largest absolute Gasteiger partial charge is 0.394 e. The van der Waals surface area contributed by atoms with E-state index in [2.05, 4.69) is 17.4 Å². The van der Waals surface area contributed by atoms with Crippen LogP contribution in [0, 0.1) is 5.82 Å². The van der Waals surface area contributed by atoms with Crippen molar-refractivity contribution in [1.82, 2.24) is 0 Å². The highest BCUT2D eigenvalue weighted by atomic mass is 19.1. The summed E-state index contributed by atoms with van der Waals surface area (Å²) in [7, 11) is 0. The van der Waals surface area contributed by atoms with Crippen LogP contribution >= 0.6 is 0 Å². The van der Waals surface area contributed by atoms with Crippen LogP contribution in [0.1, 0.15) is 18.9 Å². The fourth-order valence-electron chi connectivity index (χ4n) is 2.13. The highest BCUT2D eigenvalue weighted by molar-refractivity contribution is 5.46. The molecule has 0 aliphatic heterocycles. The number of aliphatic hydroxyl groups is 1. The number of hydrogen-bond donors (Lipinski definition) is 2. The van der Waals surface area contributed by atoms with E-state index < -0.39 is 5.54 Å². The third kappa shape index (κ3) is 3.81. The van der Waals surface area contributed by atoms with Gasteiger partial charge in [0.25, 0.3) is 0 Å². The molecule has 0 heterocycles. The number of rotatable bonds is 6. The van der Waals surface area contributed by atoms with Gasteiger partial charge >= 0.3 is 0 Å². The molecular weight excluding hydrogens is 253 g/mol. The summed E-state index contributed by atoms with van der Waals surface area (Å²) in [5.41, 5.74) is 1.09. The molecule has 0 aliphatic rings. The zero-order valence-electron chi connectivity index (χ0n) is 11.6. The number of para-hydroxylation sites is 1. The van der Waals surface area contributed by atoms with E-state index >= 15 is 0 Å². The van der Waals surface area contributed by atoms with Crippen molar-refractivity contribution < 1.29 is 9.50 Å². The summed E-state index contributed by atoms with van der Waals surface area (Å²) in [5.74, 6) is -0.299. The minimum Gasteiger partial charge on any atom is -0.394 e. The van der Waals surface area contributed by atoms with Gasteiger partial charge in [-0.15, -0.1) is 0 Å². The lowest BCUT2D eigenvalue weighted by Gasteiger charge is -2.30. The van der Waals surface area contributed by atoms with Gasteiger partial charge in [-0.1, -0.05) is 42.5 Å². The molecule has 3 heteroatoms. The van der Waals surface area contributed by atoms with Gasteiger partial charge in [0.1, 0.15) is 5.82 Å². The summed E-state index contributed by atoms with van der Waals surface area (Å²) in [6, 6.07) is 16.6. The number of anilines is 1. The Morgan fingerprint density at radius 3 is 2.35 bits per heavy atom. The first kappa shape index (κ1) is 14.5. The smallest absolute Gasteiger partial charge is 0.146 e. The predicted molar refractivity (Wildman–Crippen MR) is 80.3 cm³/mol. The fraction of sp³-hybridized carbons (Fsp3) is 0.294.